The van der Waals surface area contributed by atoms with Gasteiger partial charge in [0.15, 0.2) is 0 Å². The maximum Gasteiger partial charge on any atom is 0.222 e. The van der Waals surface area contributed by atoms with E-state index in [1.807, 2.05) is 20.8 Å². The molecule has 28 heavy (non-hydrogen) atoms. The smallest absolute Gasteiger partial charge is 0.222 e. The first-order chi connectivity index (χ1) is 13.6. The van der Waals surface area contributed by atoms with Crippen LogP contribution in [0.5, 0.6) is 0 Å². The van der Waals surface area contributed by atoms with Crippen molar-refractivity contribution in [3.8, 4) is 0 Å². The largest absolute Gasteiger partial charge is 0.400 e. The lowest BCUT2D eigenvalue weighted by Crippen LogP contribution is -2.39. The van der Waals surface area contributed by atoms with Gasteiger partial charge in [-0.15, -0.1) is 0 Å². The van der Waals surface area contributed by atoms with Gasteiger partial charge >= 0.3 is 0 Å². The molecule has 168 valence electrons. The van der Waals surface area contributed by atoms with Gasteiger partial charge in [-0.05, 0) is 44.9 Å². The third kappa shape index (κ3) is 10.6. The molecule has 0 bridgehead atoms. The van der Waals surface area contributed by atoms with Crippen molar-refractivity contribution in [3.63, 3.8) is 0 Å². The summed E-state index contributed by atoms with van der Waals surface area (Å²) in [5.41, 5.74) is 0. The molecule has 2 rings (SSSR count). The number of ketones is 1. The highest BCUT2D eigenvalue weighted by Crippen LogP contribution is 2.28. The maximum absolute atomic E-state index is 12.2. The van der Waals surface area contributed by atoms with Crippen LogP contribution in [-0.2, 0) is 14.3 Å². The first kappa shape index (κ1) is 27.1. The zero-order valence-electron chi connectivity index (χ0n) is 19.0. The molecule has 1 atom stereocenters. The number of carbonyl (C=O) groups excluding carboxylic acids is 2. The van der Waals surface area contributed by atoms with Gasteiger partial charge in [0.25, 0.3) is 0 Å². The number of ether oxygens (including phenoxy) is 1. The minimum Gasteiger partial charge on any atom is -0.400 e. The summed E-state index contributed by atoms with van der Waals surface area (Å²) in [5.74, 6) is 0.909. The molecule has 0 aromatic heterocycles. The summed E-state index contributed by atoms with van der Waals surface area (Å²) in [6.45, 7) is 8.64. The van der Waals surface area contributed by atoms with Crippen LogP contribution in [0.2, 0.25) is 0 Å². The summed E-state index contributed by atoms with van der Waals surface area (Å²) in [7, 11) is 1.00. The third-order valence-electron chi connectivity index (χ3n) is 5.83. The van der Waals surface area contributed by atoms with Crippen molar-refractivity contribution < 1.29 is 20.9 Å². The molecule has 0 spiro atoms. The van der Waals surface area contributed by atoms with Crippen LogP contribution in [-0.4, -0.2) is 42.7 Å². The van der Waals surface area contributed by atoms with Crippen molar-refractivity contribution in [1.29, 1.82) is 0 Å². The van der Waals surface area contributed by atoms with Gasteiger partial charge in [-0.2, -0.15) is 0 Å². The number of Topliss-reactive ketones (excluding diaryl/α,β-unsaturated/α-hetero) is 1. The Morgan fingerprint density at radius 2 is 1.61 bits per heavy atom. The molecule has 2 aliphatic carbocycles. The monoisotopic (exact) mass is 401 g/mol. The lowest BCUT2D eigenvalue weighted by molar-refractivity contribution is -0.127. The lowest BCUT2D eigenvalue weighted by Gasteiger charge is -2.29. The summed E-state index contributed by atoms with van der Waals surface area (Å²) in [6.07, 6.45) is 11.6. The maximum atomic E-state index is 12.2. The number of amides is 1. The lowest BCUT2D eigenvalue weighted by atomic mass is 9.79. The zero-order chi connectivity index (χ0) is 21.4. The highest BCUT2D eigenvalue weighted by molar-refractivity contribution is 5.83. The number of hydrogen-bond acceptors (Lipinski definition) is 4. The van der Waals surface area contributed by atoms with Gasteiger partial charge < -0.3 is 15.2 Å². The van der Waals surface area contributed by atoms with E-state index in [0.717, 1.165) is 52.1 Å². The Balaban J connectivity index is 0. The molecule has 1 amide bonds. The number of nitrogens with one attached hydrogen (secondary N) is 1. The second-order valence-electron chi connectivity index (χ2n) is 7.71. The van der Waals surface area contributed by atoms with Crippen molar-refractivity contribution in [1.82, 2.24) is 5.32 Å². The van der Waals surface area contributed by atoms with Crippen LogP contribution in [0.4, 0.5) is 0 Å². The average Bonchev–Trinajstić information content (AvgIpc) is 2.76. The van der Waals surface area contributed by atoms with E-state index in [4.69, 9.17) is 9.84 Å². The summed E-state index contributed by atoms with van der Waals surface area (Å²) in [5, 5.41) is 10.1. The minimum absolute atomic E-state index is 0. The van der Waals surface area contributed by atoms with E-state index in [0.29, 0.717) is 24.9 Å². The zero-order valence-corrected chi connectivity index (χ0v) is 19.0. The molecule has 0 aliphatic heterocycles. The number of aliphatic hydroxyl groups is 1. The molecule has 0 heterocycles. The van der Waals surface area contributed by atoms with Gasteiger partial charge in [0.2, 0.25) is 5.91 Å². The first-order valence-corrected chi connectivity index (χ1v) is 11.5. The van der Waals surface area contributed by atoms with Crippen LogP contribution in [0.3, 0.4) is 0 Å². The van der Waals surface area contributed by atoms with Gasteiger partial charge in [-0.25, -0.2) is 0 Å². The van der Waals surface area contributed by atoms with Crippen LogP contribution >= 0.6 is 0 Å². The second-order valence-corrected chi connectivity index (χ2v) is 7.71. The summed E-state index contributed by atoms with van der Waals surface area (Å²) in [6, 6.07) is 0.244. The van der Waals surface area contributed by atoms with Gasteiger partial charge in [-0.1, -0.05) is 47.0 Å². The highest BCUT2D eigenvalue weighted by Gasteiger charge is 2.28. The molecule has 0 radical (unpaired) electrons. The fourth-order valence-corrected chi connectivity index (χ4v) is 3.98. The first-order valence-electron chi connectivity index (χ1n) is 11.5. The predicted molar refractivity (Wildman–Crippen MR) is 117 cm³/mol. The number of hydrogen-bond donors (Lipinski definition) is 2. The number of rotatable bonds is 8. The van der Waals surface area contributed by atoms with Gasteiger partial charge in [0.1, 0.15) is 5.78 Å². The molecule has 2 N–H and O–H groups in total. The van der Waals surface area contributed by atoms with E-state index in [9.17, 15) is 9.59 Å². The van der Waals surface area contributed by atoms with E-state index in [1.165, 1.54) is 19.3 Å². The number of aliphatic hydroxyl groups excluding tert-OH is 1. The van der Waals surface area contributed by atoms with Crippen LogP contribution < -0.4 is 5.32 Å². The molecule has 0 aromatic carbocycles. The fourth-order valence-electron chi connectivity index (χ4n) is 3.98. The molecule has 0 aromatic rings. The van der Waals surface area contributed by atoms with E-state index in [2.05, 4.69) is 12.2 Å². The molecule has 0 saturated heterocycles. The summed E-state index contributed by atoms with van der Waals surface area (Å²) >= 11 is 0. The Hall–Kier alpha value is -0.940. The average molecular weight is 402 g/mol. The van der Waals surface area contributed by atoms with Crippen LogP contribution in [0, 0.1) is 11.8 Å². The van der Waals surface area contributed by atoms with Crippen molar-refractivity contribution in [2.75, 3.05) is 13.7 Å². The van der Waals surface area contributed by atoms with E-state index in [-0.39, 0.29) is 25.2 Å². The minimum atomic E-state index is 0. The van der Waals surface area contributed by atoms with Gasteiger partial charge in [-0.3, -0.25) is 9.59 Å². The van der Waals surface area contributed by atoms with Crippen molar-refractivity contribution in [2.24, 2.45) is 11.8 Å². The molecule has 2 aliphatic rings. The van der Waals surface area contributed by atoms with Crippen molar-refractivity contribution in [2.45, 2.75) is 110 Å². The Morgan fingerprint density at radius 3 is 2.14 bits per heavy atom. The Labute approximate surface area is 174 Å². The topological polar surface area (TPSA) is 75.6 Å². The Morgan fingerprint density at radius 1 is 1.04 bits per heavy atom. The van der Waals surface area contributed by atoms with Crippen molar-refractivity contribution >= 4 is 11.7 Å². The Bertz CT molecular complexity index is 406. The van der Waals surface area contributed by atoms with E-state index in [1.54, 1.807) is 0 Å². The number of carbonyl (C=O) groups is 2. The summed E-state index contributed by atoms with van der Waals surface area (Å²) in [4.78, 5) is 24.3. The SMILES string of the molecule is CC.CCC(C)C(=O)C1CCC(NC(=O)CCOC2CCCCC2)CC1.CO.[HH]. The van der Waals surface area contributed by atoms with E-state index < -0.39 is 0 Å². The van der Waals surface area contributed by atoms with E-state index >= 15 is 0 Å². The van der Waals surface area contributed by atoms with Crippen molar-refractivity contribution in [3.05, 3.63) is 0 Å². The predicted octanol–water partition coefficient (Wildman–Crippen LogP) is 4.90. The molecule has 5 nitrogen and oxygen atoms in total. The van der Waals surface area contributed by atoms with Gasteiger partial charge in [0.05, 0.1) is 12.7 Å². The molecule has 2 fully saturated rings. The van der Waals surface area contributed by atoms with Gasteiger partial charge in [0, 0.05) is 32.8 Å². The second kappa shape index (κ2) is 17.0. The molecular weight excluding hydrogens is 354 g/mol. The third-order valence-corrected chi connectivity index (χ3v) is 5.83. The molecular formula is C23H47NO4. The quantitative estimate of drug-likeness (QED) is 0.607. The molecule has 1 unspecified atom stereocenters. The van der Waals surface area contributed by atoms with Crippen LogP contribution in [0.25, 0.3) is 0 Å². The van der Waals surface area contributed by atoms with Crippen LogP contribution in [0.15, 0.2) is 0 Å². The van der Waals surface area contributed by atoms with Crippen LogP contribution in [0.1, 0.15) is 99.8 Å². The highest BCUT2D eigenvalue weighted by atomic mass is 16.5. The molecule has 2 saturated carbocycles. The normalized spacial score (nSPS) is 23.4. The summed E-state index contributed by atoms with van der Waals surface area (Å²) < 4.78 is 5.82. The fraction of sp³-hybridized carbons (Fsp3) is 0.913. The Kier molecular flexibility index (Phi) is 16.4. The molecule has 5 heteroatoms. The standard InChI is InChI=1S/C20H35NO3.C2H6.CH4O.H2/c1-3-15(2)20(23)16-9-11-17(12-10-16)21-19(22)13-14-24-18-7-5-4-6-8-18;2*1-2;/h15-18H,3-14H2,1-2H3,(H,21,22);1-2H3;2H,1H3;1H.